The van der Waals surface area contributed by atoms with E-state index in [9.17, 15) is 18.0 Å². The van der Waals surface area contributed by atoms with Crippen LogP contribution in [-0.4, -0.2) is 69.4 Å². The highest BCUT2D eigenvalue weighted by atomic mass is 32.2. The van der Waals surface area contributed by atoms with Crippen molar-refractivity contribution in [1.82, 2.24) is 29.1 Å². The molecule has 0 radical (unpaired) electrons. The smallest absolute Gasteiger partial charge is 0.410 e. The second-order valence-corrected chi connectivity index (χ2v) is 11.2. The van der Waals surface area contributed by atoms with Crippen LogP contribution < -0.4 is 5.56 Å². The lowest BCUT2D eigenvalue weighted by Crippen LogP contribution is -2.33. The van der Waals surface area contributed by atoms with E-state index < -0.39 is 27.3 Å². The van der Waals surface area contributed by atoms with Crippen LogP contribution in [0.25, 0.3) is 22.6 Å². The number of rotatable bonds is 8. The summed E-state index contributed by atoms with van der Waals surface area (Å²) in [5.74, 6) is -0.197. The van der Waals surface area contributed by atoms with Gasteiger partial charge < -0.3 is 19.6 Å². The predicted octanol–water partition coefficient (Wildman–Crippen LogP) is 2.85. The molecule has 0 bridgehead atoms. The summed E-state index contributed by atoms with van der Waals surface area (Å²) in [7, 11) is -1.96. The van der Waals surface area contributed by atoms with Gasteiger partial charge in [0.25, 0.3) is 5.56 Å². The molecule has 3 rings (SSSR count). The first kappa shape index (κ1) is 26.4. The summed E-state index contributed by atoms with van der Waals surface area (Å²) in [4.78, 5) is 40.7. The second kappa shape index (κ2) is 10.2. The van der Waals surface area contributed by atoms with Crippen molar-refractivity contribution < 1.29 is 17.9 Å². The van der Waals surface area contributed by atoms with E-state index in [4.69, 9.17) is 4.74 Å². The van der Waals surface area contributed by atoms with Gasteiger partial charge in [0.2, 0.25) is 10.0 Å². The Morgan fingerprint density at radius 3 is 2.40 bits per heavy atom. The van der Waals surface area contributed by atoms with Crippen molar-refractivity contribution in [1.29, 1.82) is 0 Å². The molecule has 35 heavy (non-hydrogen) atoms. The molecule has 0 aliphatic carbocycles. The Balaban J connectivity index is 1.86. The highest BCUT2D eigenvalue weighted by Crippen LogP contribution is 2.20. The van der Waals surface area contributed by atoms with E-state index in [2.05, 4.69) is 19.9 Å². The van der Waals surface area contributed by atoms with Crippen molar-refractivity contribution in [3.05, 3.63) is 46.0 Å². The van der Waals surface area contributed by atoms with Crippen LogP contribution in [0.5, 0.6) is 0 Å². The van der Waals surface area contributed by atoms with Gasteiger partial charge in [-0.25, -0.2) is 27.5 Å². The average molecular weight is 505 g/mol. The van der Waals surface area contributed by atoms with Crippen molar-refractivity contribution in [2.75, 3.05) is 20.1 Å². The lowest BCUT2D eigenvalue weighted by molar-refractivity contribution is 0.0283. The number of hydrogen-bond acceptors (Lipinski definition) is 7. The van der Waals surface area contributed by atoms with Gasteiger partial charge in [-0.1, -0.05) is 13.8 Å². The molecule has 0 fully saturated rings. The van der Waals surface area contributed by atoms with E-state index in [0.717, 1.165) is 11.2 Å². The van der Waals surface area contributed by atoms with Gasteiger partial charge >= 0.3 is 6.09 Å². The molecule has 0 aliphatic rings. The molecule has 2 N–H and O–H groups in total. The van der Waals surface area contributed by atoms with Crippen LogP contribution in [0, 0.1) is 0 Å². The van der Waals surface area contributed by atoms with Gasteiger partial charge in [-0.3, -0.25) is 4.79 Å². The number of ether oxygens (including phenoxy) is 1. The number of nitrogens with one attached hydrogen (secondary N) is 2. The monoisotopic (exact) mass is 504 g/mol. The predicted molar refractivity (Wildman–Crippen MR) is 133 cm³/mol. The Morgan fingerprint density at radius 1 is 1.09 bits per heavy atom. The number of H-pyrrole nitrogens is 2. The molecule has 0 aliphatic heterocycles. The van der Waals surface area contributed by atoms with Crippen molar-refractivity contribution in [2.24, 2.45) is 0 Å². The summed E-state index contributed by atoms with van der Waals surface area (Å²) >= 11 is 0. The molecule has 1 amide bonds. The van der Waals surface area contributed by atoms with E-state index in [1.807, 2.05) is 0 Å². The zero-order valence-corrected chi connectivity index (χ0v) is 21.7. The maximum Gasteiger partial charge on any atom is 0.410 e. The first-order chi connectivity index (χ1) is 16.3. The lowest BCUT2D eigenvalue weighted by Gasteiger charge is -2.24. The number of amides is 1. The number of aromatic amines is 2. The molecule has 11 nitrogen and oxygen atoms in total. The molecular formula is C23H32N6O5S. The van der Waals surface area contributed by atoms with Gasteiger partial charge in [0.15, 0.2) is 5.82 Å². The highest BCUT2D eigenvalue weighted by Gasteiger charge is 2.22. The maximum atomic E-state index is 12.6. The van der Waals surface area contributed by atoms with Crippen LogP contribution in [0.4, 0.5) is 4.79 Å². The number of fused-ring (bicyclic) bond motifs is 1. The number of sulfonamides is 1. The van der Waals surface area contributed by atoms with E-state index in [-0.39, 0.29) is 23.8 Å². The Morgan fingerprint density at radius 2 is 1.77 bits per heavy atom. The number of carbonyl (C=O) groups excluding carboxylic acids is 1. The summed E-state index contributed by atoms with van der Waals surface area (Å²) in [5.41, 5.74) is 1.58. The molecule has 12 heteroatoms. The van der Waals surface area contributed by atoms with Gasteiger partial charge in [0.1, 0.15) is 17.0 Å². The third kappa shape index (κ3) is 6.67. The van der Waals surface area contributed by atoms with Crippen molar-refractivity contribution >= 4 is 27.1 Å². The van der Waals surface area contributed by atoms with Crippen molar-refractivity contribution in [3.63, 3.8) is 0 Å². The normalized spacial score (nSPS) is 12.3. The van der Waals surface area contributed by atoms with Gasteiger partial charge in [-0.05, 0) is 39.0 Å². The van der Waals surface area contributed by atoms with Crippen LogP contribution >= 0.6 is 0 Å². The first-order valence-corrected chi connectivity index (χ1v) is 12.9. The zero-order chi connectivity index (χ0) is 26.0. The highest BCUT2D eigenvalue weighted by molar-refractivity contribution is 7.88. The van der Waals surface area contributed by atoms with E-state index in [1.165, 1.54) is 15.3 Å². The largest absolute Gasteiger partial charge is 0.444 e. The molecule has 0 aromatic carbocycles. The molecule has 0 spiro atoms. The molecule has 0 unspecified atom stereocenters. The second-order valence-electron chi connectivity index (χ2n) is 9.19. The van der Waals surface area contributed by atoms with Gasteiger partial charge in [0.05, 0.1) is 23.3 Å². The van der Waals surface area contributed by atoms with Crippen LogP contribution in [-0.2, 0) is 27.1 Å². The number of pyridine rings is 1. The van der Waals surface area contributed by atoms with Crippen LogP contribution in [0.15, 0.2) is 29.1 Å². The van der Waals surface area contributed by atoms with E-state index in [1.54, 1.807) is 59.9 Å². The standard InChI is InChI=1S/C23H32N6O5S/c1-7-29(8-2)35(32,33)14-16-12-20(30)27-21(25-16)18-10-9-17-19(26-18)11-15(24-17)13-28(6)22(31)34-23(3,4)5/h9-12,24H,7-8,13-14H2,1-6H3,(H,25,27,30). The summed E-state index contributed by atoms with van der Waals surface area (Å²) in [6, 6.07) is 6.45. The Bertz CT molecular complexity index is 1370. The Hall–Kier alpha value is -3.25. The third-order valence-corrected chi connectivity index (χ3v) is 7.07. The topological polar surface area (TPSA) is 141 Å². The Labute approximate surface area is 204 Å². The Kier molecular flexibility index (Phi) is 7.65. The molecule has 190 valence electrons. The number of nitrogens with zero attached hydrogens (tertiary/aromatic N) is 4. The molecule has 0 saturated carbocycles. The summed E-state index contributed by atoms with van der Waals surface area (Å²) in [6.07, 6.45) is -0.442. The fourth-order valence-corrected chi connectivity index (χ4v) is 5.03. The number of carbonyl (C=O) groups is 1. The summed E-state index contributed by atoms with van der Waals surface area (Å²) in [6.45, 7) is 9.89. The molecule has 0 atom stereocenters. The minimum absolute atomic E-state index is 0.145. The zero-order valence-electron chi connectivity index (χ0n) is 20.9. The number of aromatic nitrogens is 4. The van der Waals surface area contributed by atoms with Crippen molar-refractivity contribution in [3.8, 4) is 11.5 Å². The molecular weight excluding hydrogens is 472 g/mol. The maximum absolute atomic E-state index is 12.6. The van der Waals surface area contributed by atoms with E-state index >= 15 is 0 Å². The quantitative estimate of drug-likeness (QED) is 0.480. The number of hydrogen-bond donors (Lipinski definition) is 2. The fraction of sp³-hybridized carbons (Fsp3) is 0.478. The minimum Gasteiger partial charge on any atom is -0.444 e. The molecule has 3 aromatic heterocycles. The van der Waals surface area contributed by atoms with Gasteiger partial charge in [-0.15, -0.1) is 0 Å². The average Bonchev–Trinajstić information content (AvgIpc) is 3.13. The molecule has 0 saturated heterocycles. The summed E-state index contributed by atoms with van der Waals surface area (Å²) in [5, 5.41) is 0. The van der Waals surface area contributed by atoms with Crippen LogP contribution in [0.3, 0.4) is 0 Å². The lowest BCUT2D eigenvalue weighted by atomic mass is 10.2. The minimum atomic E-state index is -3.60. The third-order valence-electron chi connectivity index (χ3n) is 5.11. The van der Waals surface area contributed by atoms with Crippen LogP contribution in [0.1, 0.15) is 46.0 Å². The van der Waals surface area contributed by atoms with Gasteiger partial charge in [-0.2, -0.15) is 0 Å². The van der Waals surface area contributed by atoms with Gasteiger partial charge in [0, 0.05) is 31.9 Å². The SMILES string of the molecule is CCN(CC)S(=O)(=O)Cc1cc(=O)[nH]c(-c2ccc3[nH]c(CN(C)C(=O)OC(C)(C)C)cc3n2)n1. The van der Waals surface area contributed by atoms with Crippen LogP contribution in [0.2, 0.25) is 0 Å². The van der Waals surface area contributed by atoms with Crippen molar-refractivity contribution in [2.45, 2.75) is 52.5 Å². The van der Waals surface area contributed by atoms with E-state index in [0.29, 0.717) is 24.3 Å². The fourth-order valence-electron chi connectivity index (χ4n) is 3.54. The first-order valence-electron chi connectivity index (χ1n) is 11.3. The molecule has 3 heterocycles. The molecule has 3 aromatic rings. The summed E-state index contributed by atoms with van der Waals surface area (Å²) < 4.78 is 32.0.